The van der Waals surface area contributed by atoms with E-state index >= 15 is 0 Å². The SMILES string of the molecule is Cc1ccc(-n2nc(-c3cccs3)cc2C(=O)NCCc2ccccc2)c(C)c1. The smallest absolute Gasteiger partial charge is 0.270 e. The van der Waals surface area contributed by atoms with Crippen molar-refractivity contribution in [3.63, 3.8) is 0 Å². The van der Waals surface area contributed by atoms with E-state index in [1.54, 1.807) is 16.0 Å². The van der Waals surface area contributed by atoms with Crippen LogP contribution in [0.15, 0.2) is 72.1 Å². The average Bonchev–Trinajstić information content (AvgIpc) is 3.39. The molecule has 0 radical (unpaired) electrons. The first kappa shape index (κ1) is 19.2. The Balaban J connectivity index is 1.62. The first-order valence-corrected chi connectivity index (χ1v) is 10.5. The fourth-order valence-corrected chi connectivity index (χ4v) is 4.05. The number of carbonyl (C=O) groups is 1. The molecule has 0 spiro atoms. The summed E-state index contributed by atoms with van der Waals surface area (Å²) < 4.78 is 1.77. The second kappa shape index (κ2) is 8.45. The number of hydrogen-bond donors (Lipinski definition) is 1. The van der Waals surface area contributed by atoms with Crippen LogP contribution in [-0.2, 0) is 6.42 Å². The first-order chi connectivity index (χ1) is 14.1. The Morgan fingerprint density at radius 1 is 1.03 bits per heavy atom. The van der Waals surface area contributed by atoms with Crippen LogP contribution in [-0.4, -0.2) is 22.2 Å². The summed E-state index contributed by atoms with van der Waals surface area (Å²) in [5.74, 6) is -0.115. The summed E-state index contributed by atoms with van der Waals surface area (Å²) in [5, 5.41) is 9.84. The molecule has 146 valence electrons. The molecule has 2 aromatic carbocycles. The average molecular weight is 402 g/mol. The maximum Gasteiger partial charge on any atom is 0.270 e. The van der Waals surface area contributed by atoms with Crippen LogP contribution in [0.3, 0.4) is 0 Å². The van der Waals surface area contributed by atoms with Gasteiger partial charge in [0.05, 0.1) is 10.6 Å². The van der Waals surface area contributed by atoms with Crippen molar-refractivity contribution in [2.24, 2.45) is 0 Å². The molecule has 0 atom stereocenters. The number of benzene rings is 2. The summed E-state index contributed by atoms with van der Waals surface area (Å²) in [4.78, 5) is 14.1. The van der Waals surface area contributed by atoms with Crippen molar-refractivity contribution in [3.05, 3.63) is 94.5 Å². The lowest BCUT2D eigenvalue weighted by molar-refractivity contribution is 0.0946. The monoisotopic (exact) mass is 401 g/mol. The van der Waals surface area contributed by atoms with Crippen molar-refractivity contribution in [2.45, 2.75) is 20.3 Å². The van der Waals surface area contributed by atoms with E-state index < -0.39 is 0 Å². The van der Waals surface area contributed by atoms with E-state index in [1.165, 1.54) is 11.1 Å². The molecule has 1 amide bonds. The second-order valence-corrected chi connectivity index (χ2v) is 8.03. The van der Waals surface area contributed by atoms with Crippen LogP contribution in [0.2, 0.25) is 0 Å². The molecule has 1 N–H and O–H groups in total. The fraction of sp³-hybridized carbons (Fsp3) is 0.167. The van der Waals surface area contributed by atoms with Crippen molar-refractivity contribution >= 4 is 17.2 Å². The van der Waals surface area contributed by atoms with Crippen molar-refractivity contribution in [1.82, 2.24) is 15.1 Å². The van der Waals surface area contributed by atoms with E-state index in [-0.39, 0.29) is 5.91 Å². The zero-order chi connectivity index (χ0) is 20.2. The minimum Gasteiger partial charge on any atom is -0.350 e. The number of amides is 1. The van der Waals surface area contributed by atoms with Crippen molar-refractivity contribution < 1.29 is 4.79 Å². The number of thiophene rings is 1. The number of nitrogens with one attached hydrogen (secondary N) is 1. The Kier molecular flexibility index (Phi) is 5.58. The van der Waals surface area contributed by atoms with Gasteiger partial charge in [0.1, 0.15) is 11.4 Å². The lowest BCUT2D eigenvalue weighted by Gasteiger charge is -2.11. The van der Waals surface area contributed by atoms with E-state index in [9.17, 15) is 4.79 Å². The molecule has 5 heteroatoms. The lowest BCUT2D eigenvalue weighted by atomic mass is 10.1. The van der Waals surface area contributed by atoms with Gasteiger partial charge in [-0.1, -0.05) is 54.1 Å². The largest absolute Gasteiger partial charge is 0.350 e. The highest BCUT2D eigenvalue weighted by atomic mass is 32.1. The van der Waals surface area contributed by atoms with Gasteiger partial charge in [-0.15, -0.1) is 11.3 Å². The number of aryl methyl sites for hydroxylation is 2. The molecular formula is C24H23N3OS. The predicted molar refractivity (Wildman–Crippen MR) is 119 cm³/mol. The zero-order valence-electron chi connectivity index (χ0n) is 16.6. The highest BCUT2D eigenvalue weighted by Gasteiger charge is 2.19. The summed E-state index contributed by atoms with van der Waals surface area (Å²) in [6, 6.07) is 22.2. The quantitative estimate of drug-likeness (QED) is 0.483. The predicted octanol–water partition coefficient (Wildman–Crippen LogP) is 5.19. The molecule has 0 aliphatic rings. The molecule has 0 aliphatic heterocycles. The van der Waals surface area contributed by atoms with Crippen molar-refractivity contribution in [1.29, 1.82) is 0 Å². The van der Waals surface area contributed by atoms with Gasteiger partial charge in [-0.25, -0.2) is 4.68 Å². The van der Waals surface area contributed by atoms with Gasteiger partial charge in [0.15, 0.2) is 0 Å². The molecule has 4 aromatic rings. The summed E-state index contributed by atoms with van der Waals surface area (Å²) in [5.41, 5.74) is 5.76. The standard InChI is InChI=1S/C24H23N3OS/c1-17-10-11-21(18(2)15-17)27-22(16-20(26-27)23-9-6-14-29-23)24(28)25-13-12-19-7-4-3-5-8-19/h3-11,14-16H,12-13H2,1-2H3,(H,25,28). The third-order valence-electron chi connectivity index (χ3n) is 4.84. The van der Waals surface area contributed by atoms with Gasteiger partial charge in [-0.3, -0.25) is 4.79 Å². The number of nitrogens with zero attached hydrogens (tertiary/aromatic N) is 2. The third-order valence-corrected chi connectivity index (χ3v) is 5.73. The molecule has 2 heterocycles. The van der Waals surface area contributed by atoms with E-state index in [0.29, 0.717) is 12.2 Å². The van der Waals surface area contributed by atoms with Crippen LogP contribution in [0, 0.1) is 13.8 Å². The molecule has 0 aliphatic carbocycles. The molecule has 0 unspecified atom stereocenters. The van der Waals surface area contributed by atoms with E-state index in [1.807, 2.05) is 60.8 Å². The number of carbonyl (C=O) groups excluding carboxylic acids is 1. The summed E-state index contributed by atoms with van der Waals surface area (Å²) >= 11 is 1.62. The van der Waals surface area contributed by atoms with Crippen LogP contribution in [0.5, 0.6) is 0 Å². The summed E-state index contributed by atoms with van der Waals surface area (Å²) in [6.07, 6.45) is 0.794. The molecule has 2 aromatic heterocycles. The number of aromatic nitrogens is 2. The Hall–Kier alpha value is -3.18. The minimum absolute atomic E-state index is 0.115. The first-order valence-electron chi connectivity index (χ1n) is 9.65. The maximum absolute atomic E-state index is 13.0. The Morgan fingerprint density at radius 2 is 1.86 bits per heavy atom. The van der Waals surface area contributed by atoms with Gasteiger partial charge < -0.3 is 5.32 Å². The van der Waals surface area contributed by atoms with Gasteiger partial charge in [-0.2, -0.15) is 5.10 Å². The topological polar surface area (TPSA) is 46.9 Å². The lowest BCUT2D eigenvalue weighted by Crippen LogP contribution is -2.28. The van der Waals surface area contributed by atoms with Gasteiger partial charge in [-0.05, 0) is 55.0 Å². The minimum atomic E-state index is -0.115. The number of hydrogen-bond acceptors (Lipinski definition) is 3. The molecule has 29 heavy (non-hydrogen) atoms. The van der Waals surface area contributed by atoms with Crippen molar-refractivity contribution in [3.8, 4) is 16.3 Å². The van der Waals surface area contributed by atoms with Crippen molar-refractivity contribution in [2.75, 3.05) is 6.54 Å². The Bertz CT molecular complexity index is 1110. The van der Waals surface area contributed by atoms with Crippen LogP contribution >= 0.6 is 11.3 Å². The molecular weight excluding hydrogens is 378 g/mol. The summed E-state index contributed by atoms with van der Waals surface area (Å²) in [7, 11) is 0. The molecule has 0 fully saturated rings. The van der Waals surface area contributed by atoms with Crippen LogP contribution in [0.1, 0.15) is 27.2 Å². The van der Waals surface area contributed by atoms with Gasteiger partial charge in [0, 0.05) is 6.54 Å². The second-order valence-electron chi connectivity index (χ2n) is 7.09. The Labute approximate surface area is 174 Å². The normalized spacial score (nSPS) is 10.8. The zero-order valence-corrected chi connectivity index (χ0v) is 17.4. The van der Waals surface area contributed by atoms with Crippen LogP contribution in [0.4, 0.5) is 0 Å². The fourth-order valence-electron chi connectivity index (χ4n) is 3.37. The van der Waals surface area contributed by atoms with Gasteiger partial charge >= 0.3 is 0 Å². The van der Waals surface area contributed by atoms with Gasteiger partial charge in [0.2, 0.25) is 0 Å². The molecule has 4 nitrogen and oxygen atoms in total. The van der Waals surface area contributed by atoms with Gasteiger partial charge in [0.25, 0.3) is 5.91 Å². The van der Waals surface area contributed by atoms with Crippen LogP contribution in [0.25, 0.3) is 16.3 Å². The Morgan fingerprint density at radius 3 is 2.59 bits per heavy atom. The van der Waals surface area contributed by atoms with Crippen LogP contribution < -0.4 is 5.32 Å². The summed E-state index contributed by atoms with van der Waals surface area (Å²) in [6.45, 7) is 4.69. The maximum atomic E-state index is 13.0. The molecule has 0 saturated heterocycles. The molecule has 4 rings (SSSR count). The third kappa shape index (κ3) is 4.30. The molecule has 0 saturated carbocycles. The molecule has 0 bridgehead atoms. The van der Waals surface area contributed by atoms with E-state index in [2.05, 4.69) is 30.4 Å². The highest BCUT2D eigenvalue weighted by molar-refractivity contribution is 7.13. The van der Waals surface area contributed by atoms with E-state index in [4.69, 9.17) is 5.10 Å². The highest BCUT2D eigenvalue weighted by Crippen LogP contribution is 2.27. The number of rotatable bonds is 6. The van der Waals surface area contributed by atoms with E-state index in [0.717, 1.165) is 28.2 Å².